The predicted octanol–water partition coefficient (Wildman–Crippen LogP) is 1.98. The molecule has 0 spiro atoms. The standard InChI is InChI=1S/C13H23N3O2/c1-10(2)11-15-7-9-16(11)8-5-4-6-13(3,14)12(17)18/h7,9-10H,4-6,8,14H2,1-3H3,(H,17,18). The van der Waals surface area contributed by atoms with Crippen LogP contribution in [0.5, 0.6) is 0 Å². The topological polar surface area (TPSA) is 81.1 Å². The average molecular weight is 253 g/mol. The number of carbonyl (C=O) groups is 1. The maximum Gasteiger partial charge on any atom is 0.323 e. The van der Waals surface area contributed by atoms with Crippen LogP contribution in [0.4, 0.5) is 0 Å². The number of carboxylic acids is 1. The highest BCUT2D eigenvalue weighted by molar-refractivity contribution is 5.77. The van der Waals surface area contributed by atoms with Gasteiger partial charge in [0, 0.05) is 24.9 Å². The number of nitrogens with zero attached hydrogens (tertiary/aromatic N) is 2. The molecule has 1 unspecified atom stereocenters. The summed E-state index contributed by atoms with van der Waals surface area (Å²) < 4.78 is 2.12. The molecular weight excluding hydrogens is 230 g/mol. The van der Waals surface area contributed by atoms with Crippen molar-refractivity contribution in [2.45, 2.75) is 58.0 Å². The molecule has 1 aromatic rings. The lowest BCUT2D eigenvalue weighted by atomic mass is 9.96. The van der Waals surface area contributed by atoms with Gasteiger partial charge in [-0.1, -0.05) is 13.8 Å². The molecule has 0 aliphatic carbocycles. The molecular formula is C13H23N3O2. The minimum Gasteiger partial charge on any atom is -0.480 e. The predicted molar refractivity (Wildman–Crippen MR) is 70.4 cm³/mol. The molecule has 0 aromatic carbocycles. The van der Waals surface area contributed by atoms with Gasteiger partial charge >= 0.3 is 5.97 Å². The van der Waals surface area contributed by atoms with E-state index < -0.39 is 11.5 Å². The second-order valence-electron chi connectivity index (χ2n) is 5.31. The van der Waals surface area contributed by atoms with Gasteiger partial charge in [0.1, 0.15) is 11.4 Å². The molecule has 0 radical (unpaired) electrons. The maximum atomic E-state index is 10.8. The molecule has 1 heterocycles. The van der Waals surface area contributed by atoms with Gasteiger partial charge in [0.05, 0.1) is 0 Å². The summed E-state index contributed by atoms with van der Waals surface area (Å²) >= 11 is 0. The third-order valence-corrected chi connectivity index (χ3v) is 3.10. The van der Waals surface area contributed by atoms with Crippen molar-refractivity contribution in [2.24, 2.45) is 5.73 Å². The number of hydrogen-bond acceptors (Lipinski definition) is 3. The first-order chi connectivity index (χ1) is 8.34. The SMILES string of the molecule is CC(C)c1nccn1CCCCC(C)(N)C(=O)O. The molecule has 3 N–H and O–H groups in total. The highest BCUT2D eigenvalue weighted by Gasteiger charge is 2.26. The van der Waals surface area contributed by atoms with Crippen LogP contribution in [0.25, 0.3) is 0 Å². The second kappa shape index (κ2) is 6.00. The molecule has 0 bridgehead atoms. The lowest BCUT2D eigenvalue weighted by Gasteiger charge is -2.19. The molecule has 0 fully saturated rings. The van der Waals surface area contributed by atoms with Crippen LogP contribution in [0, 0.1) is 0 Å². The zero-order valence-electron chi connectivity index (χ0n) is 11.4. The van der Waals surface area contributed by atoms with Crippen molar-refractivity contribution >= 4 is 5.97 Å². The van der Waals surface area contributed by atoms with Crippen molar-refractivity contribution in [1.29, 1.82) is 0 Å². The van der Waals surface area contributed by atoms with E-state index in [1.807, 2.05) is 6.20 Å². The van der Waals surface area contributed by atoms with Crippen molar-refractivity contribution in [3.63, 3.8) is 0 Å². The van der Waals surface area contributed by atoms with Crippen molar-refractivity contribution < 1.29 is 9.90 Å². The van der Waals surface area contributed by atoms with Gasteiger partial charge in [0.15, 0.2) is 0 Å². The lowest BCUT2D eigenvalue weighted by molar-refractivity contribution is -0.142. The quantitative estimate of drug-likeness (QED) is 0.728. The fraction of sp³-hybridized carbons (Fsp3) is 0.692. The second-order valence-corrected chi connectivity index (χ2v) is 5.31. The Morgan fingerprint density at radius 3 is 2.78 bits per heavy atom. The van der Waals surface area contributed by atoms with E-state index in [2.05, 4.69) is 23.4 Å². The number of unbranched alkanes of at least 4 members (excludes halogenated alkanes) is 1. The summed E-state index contributed by atoms with van der Waals surface area (Å²) in [4.78, 5) is 15.2. The van der Waals surface area contributed by atoms with Gasteiger partial charge in [-0.3, -0.25) is 4.79 Å². The summed E-state index contributed by atoms with van der Waals surface area (Å²) in [5, 5.41) is 8.90. The Hall–Kier alpha value is -1.36. The van der Waals surface area contributed by atoms with E-state index in [0.717, 1.165) is 25.2 Å². The monoisotopic (exact) mass is 253 g/mol. The Labute approximate surface area is 108 Å². The number of hydrogen-bond donors (Lipinski definition) is 2. The van der Waals surface area contributed by atoms with Gasteiger partial charge < -0.3 is 15.4 Å². The summed E-state index contributed by atoms with van der Waals surface area (Å²) in [5.41, 5.74) is 4.56. The lowest BCUT2D eigenvalue weighted by Crippen LogP contribution is -2.44. The minimum absolute atomic E-state index is 0.402. The molecule has 0 saturated carbocycles. The van der Waals surface area contributed by atoms with E-state index in [0.29, 0.717) is 12.3 Å². The third kappa shape index (κ3) is 3.84. The molecule has 5 nitrogen and oxygen atoms in total. The van der Waals surface area contributed by atoms with E-state index in [1.165, 1.54) is 0 Å². The van der Waals surface area contributed by atoms with Gasteiger partial charge in [-0.2, -0.15) is 0 Å². The van der Waals surface area contributed by atoms with E-state index >= 15 is 0 Å². The maximum absolute atomic E-state index is 10.8. The van der Waals surface area contributed by atoms with Crippen LogP contribution in [-0.4, -0.2) is 26.2 Å². The van der Waals surface area contributed by atoms with E-state index in [-0.39, 0.29) is 0 Å². The summed E-state index contributed by atoms with van der Waals surface area (Å²) in [7, 11) is 0. The highest BCUT2D eigenvalue weighted by Crippen LogP contribution is 2.15. The number of rotatable bonds is 7. The number of nitrogens with two attached hydrogens (primary N) is 1. The third-order valence-electron chi connectivity index (χ3n) is 3.10. The first kappa shape index (κ1) is 14.7. The van der Waals surface area contributed by atoms with Crippen LogP contribution in [0.15, 0.2) is 12.4 Å². The number of aliphatic carboxylic acids is 1. The van der Waals surface area contributed by atoms with Crippen LogP contribution in [0.2, 0.25) is 0 Å². The van der Waals surface area contributed by atoms with Gasteiger partial charge in [-0.15, -0.1) is 0 Å². The molecule has 1 aromatic heterocycles. The largest absolute Gasteiger partial charge is 0.480 e. The summed E-state index contributed by atoms with van der Waals surface area (Å²) in [6.07, 6.45) is 5.98. The van der Waals surface area contributed by atoms with Gasteiger partial charge in [0.25, 0.3) is 0 Å². The molecule has 1 rings (SSSR count). The molecule has 18 heavy (non-hydrogen) atoms. The molecule has 5 heteroatoms. The van der Waals surface area contributed by atoms with Gasteiger partial charge in [-0.05, 0) is 26.2 Å². The smallest absolute Gasteiger partial charge is 0.323 e. The summed E-state index contributed by atoms with van der Waals surface area (Å²) in [5.74, 6) is 0.538. The van der Waals surface area contributed by atoms with Crippen LogP contribution < -0.4 is 5.73 Å². The molecule has 0 aliphatic rings. The van der Waals surface area contributed by atoms with Crippen LogP contribution in [0.1, 0.15) is 51.8 Å². The van der Waals surface area contributed by atoms with Crippen molar-refractivity contribution in [1.82, 2.24) is 9.55 Å². The normalized spacial score (nSPS) is 14.7. The molecule has 0 aliphatic heterocycles. The summed E-state index contributed by atoms with van der Waals surface area (Å²) in [6, 6.07) is 0. The molecule has 0 amide bonds. The molecule has 0 saturated heterocycles. The van der Waals surface area contributed by atoms with Crippen LogP contribution in [0.3, 0.4) is 0 Å². The Bertz CT molecular complexity index is 397. The summed E-state index contributed by atoms with van der Waals surface area (Å²) in [6.45, 7) is 6.65. The van der Waals surface area contributed by atoms with E-state index in [4.69, 9.17) is 10.8 Å². The van der Waals surface area contributed by atoms with Crippen molar-refractivity contribution in [3.8, 4) is 0 Å². The first-order valence-electron chi connectivity index (χ1n) is 6.38. The minimum atomic E-state index is -1.12. The van der Waals surface area contributed by atoms with E-state index in [9.17, 15) is 4.79 Å². The Balaban J connectivity index is 2.39. The highest BCUT2D eigenvalue weighted by atomic mass is 16.4. The zero-order chi connectivity index (χ0) is 13.8. The average Bonchev–Trinajstić information content (AvgIpc) is 2.72. The Morgan fingerprint density at radius 1 is 1.56 bits per heavy atom. The van der Waals surface area contributed by atoms with Gasteiger partial charge in [-0.25, -0.2) is 4.98 Å². The Kier molecular flexibility index (Phi) is 4.90. The fourth-order valence-corrected chi connectivity index (χ4v) is 1.89. The fourth-order valence-electron chi connectivity index (χ4n) is 1.89. The number of aryl methyl sites for hydroxylation is 1. The number of carboxylic acid groups (broad SMARTS) is 1. The van der Waals surface area contributed by atoms with Crippen LogP contribution in [-0.2, 0) is 11.3 Å². The van der Waals surface area contributed by atoms with Crippen molar-refractivity contribution in [2.75, 3.05) is 0 Å². The zero-order valence-corrected chi connectivity index (χ0v) is 11.4. The number of imidazole rings is 1. The van der Waals surface area contributed by atoms with E-state index in [1.54, 1.807) is 13.1 Å². The number of aromatic nitrogens is 2. The molecule has 102 valence electrons. The van der Waals surface area contributed by atoms with Crippen molar-refractivity contribution in [3.05, 3.63) is 18.2 Å². The van der Waals surface area contributed by atoms with Crippen LogP contribution >= 0.6 is 0 Å². The first-order valence-corrected chi connectivity index (χ1v) is 6.38. The Morgan fingerprint density at radius 2 is 2.22 bits per heavy atom. The van der Waals surface area contributed by atoms with Gasteiger partial charge in [0.2, 0.25) is 0 Å². The molecule has 1 atom stereocenters.